The van der Waals surface area contributed by atoms with E-state index in [2.05, 4.69) is 0 Å². The molecule has 0 bridgehead atoms. The second-order valence-electron chi connectivity index (χ2n) is 6.71. The Labute approximate surface area is 178 Å². The van der Waals surface area contributed by atoms with E-state index in [0.717, 1.165) is 34.3 Å². The molecule has 0 unspecified atom stereocenters. The molecule has 2 heterocycles. The van der Waals surface area contributed by atoms with Gasteiger partial charge in [0.15, 0.2) is 4.32 Å². The molecule has 0 spiro atoms. The van der Waals surface area contributed by atoms with Crippen molar-refractivity contribution in [1.82, 2.24) is 9.13 Å². The molecule has 0 atom stereocenters. The molecule has 1 aliphatic rings. The van der Waals surface area contributed by atoms with Crippen LogP contribution in [0.3, 0.4) is 0 Å². The molecule has 10 heteroatoms. The van der Waals surface area contributed by atoms with Crippen LogP contribution in [0.25, 0.3) is 17.1 Å². The monoisotopic (exact) mass is 449 g/mol. The quantitative estimate of drug-likeness (QED) is 0.432. The van der Waals surface area contributed by atoms with Gasteiger partial charge in [0.2, 0.25) is 0 Å². The van der Waals surface area contributed by atoms with E-state index in [1.54, 1.807) is 38.4 Å². The summed E-state index contributed by atoms with van der Waals surface area (Å²) in [6.07, 6.45) is -2.91. The minimum Gasteiger partial charge on any atom is -0.295 e. The molecule has 0 radical (unpaired) electrons. The van der Waals surface area contributed by atoms with Crippen molar-refractivity contribution in [1.29, 1.82) is 0 Å². The number of imidazole rings is 1. The lowest BCUT2D eigenvalue weighted by Gasteiger charge is -2.16. The van der Waals surface area contributed by atoms with Gasteiger partial charge in [0.05, 0.1) is 27.2 Å². The third-order valence-corrected chi connectivity index (χ3v) is 6.12. The lowest BCUT2D eigenvalue weighted by atomic mass is 10.1. The summed E-state index contributed by atoms with van der Waals surface area (Å²) in [6, 6.07) is 9.80. The van der Waals surface area contributed by atoms with Gasteiger partial charge in [-0.05, 0) is 42.0 Å². The van der Waals surface area contributed by atoms with Crippen LogP contribution in [-0.2, 0) is 25.1 Å². The zero-order valence-electron chi connectivity index (χ0n) is 15.7. The van der Waals surface area contributed by atoms with Crippen LogP contribution in [-0.4, -0.2) is 19.4 Å². The van der Waals surface area contributed by atoms with Crippen LogP contribution in [0.2, 0.25) is 0 Å². The summed E-state index contributed by atoms with van der Waals surface area (Å²) in [5, 5.41) is 0. The number of hydrogen-bond donors (Lipinski definition) is 0. The first-order chi connectivity index (χ1) is 14.1. The van der Waals surface area contributed by atoms with E-state index in [1.807, 2.05) is 0 Å². The lowest BCUT2D eigenvalue weighted by Crippen LogP contribution is -2.27. The van der Waals surface area contributed by atoms with Crippen LogP contribution in [0.15, 0.2) is 52.2 Å². The highest BCUT2D eigenvalue weighted by atomic mass is 32.2. The molecule has 0 saturated carbocycles. The van der Waals surface area contributed by atoms with Gasteiger partial charge in [-0.15, -0.1) is 0 Å². The third kappa shape index (κ3) is 3.35. The van der Waals surface area contributed by atoms with Crippen LogP contribution in [0.1, 0.15) is 11.1 Å². The van der Waals surface area contributed by atoms with E-state index >= 15 is 0 Å². The molecule has 2 aromatic carbocycles. The van der Waals surface area contributed by atoms with Crippen molar-refractivity contribution in [3.8, 4) is 0 Å². The molecule has 0 N–H and O–H groups in total. The maximum atomic E-state index is 13.0. The second kappa shape index (κ2) is 7.13. The zero-order chi connectivity index (χ0) is 21.8. The third-order valence-electron chi connectivity index (χ3n) is 4.82. The number of carbonyl (C=O) groups is 1. The smallest absolute Gasteiger partial charge is 0.295 e. The van der Waals surface area contributed by atoms with E-state index in [1.165, 1.54) is 21.3 Å². The molecule has 3 aromatic rings. The Morgan fingerprint density at radius 3 is 2.40 bits per heavy atom. The lowest BCUT2D eigenvalue weighted by molar-refractivity contribution is -0.137. The van der Waals surface area contributed by atoms with Crippen molar-refractivity contribution in [2.75, 3.05) is 4.90 Å². The van der Waals surface area contributed by atoms with Crippen LogP contribution >= 0.6 is 24.0 Å². The summed E-state index contributed by atoms with van der Waals surface area (Å²) >= 11 is 6.26. The van der Waals surface area contributed by atoms with Crippen molar-refractivity contribution >= 4 is 57.0 Å². The number of rotatable bonds is 2. The standard InChI is InChI=1S/C20H14F3N3O2S2/c1-24-14-7-6-11(8-15(14)25(2)18(24)28)9-16-17(27)26(19(29)30-16)13-5-3-4-12(10-13)20(21,22)23/h3-10H,1-2H3/b16-9+. The summed E-state index contributed by atoms with van der Waals surface area (Å²) in [7, 11) is 3.33. The fourth-order valence-corrected chi connectivity index (χ4v) is 4.58. The Bertz CT molecular complexity index is 1300. The molecule has 1 fully saturated rings. The summed E-state index contributed by atoms with van der Waals surface area (Å²) < 4.78 is 42.2. The van der Waals surface area contributed by atoms with Gasteiger partial charge in [0.25, 0.3) is 5.91 Å². The minimum absolute atomic E-state index is 0.0663. The highest BCUT2D eigenvalue weighted by molar-refractivity contribution is 8.27. The van der Waals surface area contributed by atoms with E-state index < -0.39 is 17.6 Å². The average Bonchev–Trinajstić information content (AvgIpc) is 3.09. The van der Waals surface area contributed by atoms with Gasteiger partial charge >= 0.3 is 11.9 Å². The Morgan fingerprint density at radius 2 is 1.70 bits per heavy atom. The van der Waals surface area contributed by atoms with Gasteiger partial charge in [-0.3, -0.25) is 18.8 Å². The summed E-state index contributed by atoms with van der Waals surface area (Å²) in [4.78, 5) is 26.3. The number of halogens is 3. The molecule has 5 nitrogen and oxygen atoms in total. The average molecular weight is 449 g/mol. The molecule has 1 aliphatic heterocycles. The molecule has 4 rings (SSSR count). The number of carbonyl (C=O) groups excluding carboxylic acids is 1. The number of fused-ring (bicyclic) bond motifs is 1. The van der Waals surface area contributed by atoms with Gasteiger partial charge in [-0.1, -0.05) is 36.1 Å². The number of aromatic nitrogens is 2. The first-order valence-corrected chi connectivity index (χ1v) is 9.91. The molecule has 1 aromatic heterocycles. The number of amides is 1. The van der Waals surface area contributed by atoms with E-state index in [0.29, 0.717) is 11.1 Å². The largest absolute Gasteiger partial charge is 0.416 e. The molecular formula is C20H14F3N3O2S2. The van der Waals surface area contributed by atoms with Crippen LogP contribution < -0.4 is 10.6 Å². The van der Waals surface area contributed by atoms with Crippen LogP contribution in [0.5, 0.6) is 0 Å². The number of nitrogens with zero attached hydrogens (tertiary/aromatic N) is 3. The molecule has 154 valence electrons. The summed E-state index contributed by atoms with van der Waals surface area (Å²) in [5.74, 6) is -0.494. The molecule has 1 amide bonds. The number of thiocarbonyl (C=S) groups is 1. The van der Waals surface area contributed by atoms with Crippen molar-refractivity contribution in [2.24, 2.45) is 14.1 Å². The predicted octanol–water partition coefficient (Wildman–Crippen LogP) is 4.30. The van der Waals surface area contributed by atoms with Crippen LogP contribution in [0.4, 0.5) is 18.9 Å². The normalized spacial score (nSPS) is 16.3. The van der Waals surface area contributed by atoms with Gasteiger partial charge in [0.1, 0.15) is 0 Å². The Kier molecular flexibility index (Phi) is 4.86. The van der Waals surface area contributed by atoms with Gasteiger partial charge < -0.3 is 0 Å². The topological polar surface area (TPSA) is 47.2 Å². The van der Waals surface area contributed by atoms with Crippen molar-refractivity contribution in [3.05, 3.63) is 69.0 Å². The van der Waals surface area contributed by atoms with E-state index in [9.17, 15) is 22.8 Å². The fourth-order valence-electron chi connectivity index (χ4n) is 3.28. The van der Waals surface area contributed by atoms with Crippen LogP contribution in [0, 0.1) is 0 Å². The summed E-state index contributed by atoms with van der Waals surface area (Å²) in [5.41, 5.74) is 1.16. The molecule has 1 saturated heterocycles. The summed E-state index contributed by atoms with van der Waals surface area (Å²) in [6.45, 7) is 0. The van der Waals surface area contributed by atoms with Crippen molar-refractivity contribution < 1.29 is 18.0 Å². The second-order valence-corrected chi connectivity index (χ2v) is 8.39. The maximum Gasteiger partial charge on any atom is 0.416 e. The van der Waals surface area contributed by atoms with Gasteiger partial charge in [0, 0.05) is 14.1 Å². The maximum absolute atomic E-state index is 13.0. The number of alkyl halides is 3. The minimum atomic E-state index is -4.52. The number of thioether (sulfide) groups is 1. The Morgan fingerprint density at radius 1 is 1.00 bits per heavy atom. The first kappa shape index (κ1) is 20.4. The first-order valence-electron chi connectivity index (χ1n) is 8.68. The number of hydrogen-bond acceptors (Lipinski definition) is 4. The Hall–Kier alpha value is -2.85. The van der Waals surface area contributed by atoms with E-state index in [-0.39, 0.29) is 20.6 Å². The van der Waals surface area contributed by atoms with Gasteiger partial charge in [-0.25, -0.2) is 4.79 Å². The van der Waals surface area contributed by atoms with Crippen molar-refractivity contribution in [2.45, 2.75) is 6.18 Å². The Balaban J connectivity index is 1.71. The number of anilines is 1. The van der Waals surface area contributed by atoms with Gasteiger partial charge in [-0.2, -0.15) is 13.2 Å². The van der Waals surface area contributed by atoms with E-state index in [4.69, 9.17) is 12.2 Å². The number of aryl methyl sites for hydroxylation is 2. The number of benzene rings is 2. The fraction of sp³-hybridized carbons (Fsp3) is 0.150. The highest BCUT2D eigenvalue weighted by Crippen LogP contribution is 2.38. The molecule has 0 aliphatic carbocycles. The molecule has 30 heavy (non-hydrogen) atoms. The SMILES string of the molecule is Cn1c(=O)n(C)c2cc(/C=C3/SC(=S)N(c4cccc(C(F)(F)F)c4)C3=O)ccc21. The predicted molar refractivity (Wildman–Crippen MR) is 115 cm³/mol. The highest BCUT2D eigenvalue weighted by Gasteiger charge is 2.36. The van der Waals surface area contributed by atoms with Crippen molar-refractivity contribution in [3.63, 3.8) is 0 Å². The zero-order valence-corrected chi connectivity index (χ0v) is 17.4. The molecular weight excluding hydrogens is 435 g/mol.